The molecular formula is C83H82Br2N12. The van der Waals surface area contributed by atoms with Gasteiger partial charge in [-0.05, 0) is 197 Å². The number of unbranched alkanes of at least 4 members (excludes halogenated alkanes) is 12. The third-order valence-corrected chi connectivity index (χ3v) is 22.3. The van der Waals surface area contributed by atoms with Crippen LogP contribution in [0.25, 0.3) is 117 Å². The molecule has 7 aromatic carbocycles. The maximum Gasteiger partial charge on any atom is 0.128 e. The van der Waals surface area contributed by atoms with Gasteiger partial charge < -0.3 is 0 Å². The second-order valence-corrected chi connectivity index (χ2v) is 28.7. The topological polar surface area (TPSA) is 131 Å². The summed E-state index contributed by atoms with van der Waals surface area (Å²) in [6, 6.07) is 54.3. The van der Waals surface area contributed by atoms with Crippen LogP contribution in [0.15, 0.2) is 192 Å². The molecule has 12 nitrogen and oxygen atoms in total. The number of nitrogens with zero attached hydrogens (tertiary/aromatic N) is 12. The fraction of sp³-hybridized carbons (Fsp3) is 0.313. The number of fused-ring (bicyclic) bond motifs is 9. The van der Waals surface area contributed by atoms with Crippen LogP contribution in [0.5, 0.6) is 0 Å². The number of rotatable bonds is 27. The van der Waals surface area contributed by atoms with Gasteiger partial charge in [0.1, 0.15) is 33.1 Å². The Balaban J connectivity index is 0.867. The van der Waals surface area contributed by atoms with Crippen molar-refractivity contribution < 1.29 is 0 Å². The van der Waals surface area contributed by atoms with E-state index in [9.17, 15) is 0 Å². The van der Waals surface area contributed by atoms with Crippen molar-refractivity contribution in [3.8, 4) is 83.8 Å². The van der Waals surface area contributed by atoms with E-state index in [1.807, 2.05) is 53.6 Å². The summed E-state index contributed by atoms with van der Waals surface area (Å²) in [5.74, 6) is 0. The Morgan fingerprint density at radius 1 is 0.268 bits per heavy atom. The van der Waals surface area contributed by atoms with Crippen molar-refractivity contribution in [3.05, 3.63) is 214 Å². The van der Waals surface area contributed by atoms with Crippen molar-refractivity contribution in [2.75, 3.05) is 0 Å². The number of aromatic nitrogens is 12. The minimum Gasteiger partial charge on any atom is -0.265 e. The van der Waals surface area contributed by atoms with Crippen LogP contribution in [0, 0.1) is 0 Å². The minimum absolute atomic E-state index is 0.220. The molecule has 0 bridgehead atoms. The summed E-state index contributed by atoms with van der Waals surface area (Å²) in [5.41, 5.74) is 27.2. The molecule has 0 amide bonds. The van der Waals surface area contributed by atoms with Gasteiger partial charge in [0.2, 0.25) is 0 Å². The van der Waals surface area contributed by atoms with E-state index in [-0.39, 0.29) is 10.8 Å². The lowest BCUT2D eigenvalue weighted by Crippen LogP contribution is -2.25. The average Bonchev–Trinajstić information content (AvgIpc) is 1.52. The van der Waals surface area contributed by atoms with Gasteiger partial charge in [0.05, 0.1) is 17.1 Å². The van der Waals surface area contributed by atoms with E-state index < -0.39 is 0 Å². The fourth-order valence-corrected chi connectivity index (χ4v) is 16.8. The zero-order valence-electron chi connectivity index (χ0n) is 56.1. The Kier molecular flexibility index (Phi) is 18.5. The van der Waals surface area contributed by atoms with E-state index in [0.29, 0.717) is 0 Å². The SMILES string of the molecule is CCCCCCC1(CCCCCC)c2cc(-c3ccc(Br)c4nn(-c5ccncc5)nc34)ccc2-c2ccc(-c3ccc(-c4ccc5c(c4)C(CCCCCC)(CCCCCC)c4cc(-c6ccc(Br)c7nn(-c8ccncc8)nc67)ccc4-5)c4nn(-c5ccncc5)nc34)cc21. The largest absolute Gasteiger partial charge is 0.265 e. The van der Waals surface area contributed by atoms with E-state index in [1.54, 1.807) is 34.4 Å². The van der Waals surface area contributed by atoms with Gasteiger partial charge in [-0.15, -0.1) is 30.6 Å². The van der Waals surface area contributed by atoms with Crippen molar-refractivity contribution >= 4 is 65.0 Å². The summed E-state index contributed by atoms with van der Waals surface area (Å²) in [4.78, 5) is 18.2. The lowest BCUT2D eigenvalue weighted by molar-refractivity contribution is 0.401. The fourth-order valence-electron chi connectivity index (χ4n) is 16.0. The normalized spacial score (nSPS) is 13.4. The molecule has 0 aliphatic heterocycles. The van der Waals surface area contributed by atoms with Gasteiger partial charge in [-0.3, -0.25) is 15.0 Å². The van der Waals surface area contributed by atoms with Gasteiger partial charge in [-0.25, -0.2) is 0 Å². The molecule has 2 aliphatic carbocycles. The minimum atomic E-state index is -0.220. The van der Waals surface area contributed by atoms with Crippen LogP contribution in [0.2, 0.25) is 0 Å². The summed E-state index contributed by atoms with van der Waals surface area (Å²) < 4.78 is 1.83. The van der Waals surface area contributed by atoms with Crippen molar-refractivity contribution in [3.63, 3.8) is 0 Å². The zero-order chi connectivity index (χ0) is 66.0. The second kappa shape index (κ2) is 27.9. The van der Waals surface area contributed by atoms with E-state index in [2.05, 4.69) is 184 Å². The van der Waals surface area contributed by atoms with Gasteiger partial charge in [0.15, 0.2) is 0 Å². The van der Waals surface area contributed by atoms with E-state index in [4.69, 9.17) is 30.6 Å². The molecule has 0 radical (unpaired) electrons. The van der Waals surface area contributed by atoms with Crippen LogP contribution >= 0.6 is 31.9 Å². The highest BCUT2D eigenvalue weighted by Gasteiger charge is 2.45. The molecule has 6 aromatic heterocycles. The standard InChI is InChI=1S/C83H82Br2N12/c1-5-9-13-17-41-82(42-18-14-10-6-2)70-51-55(21-25-66(70)68-27-23-57(53-72(68)82)64-31-33-74(84)80-78(64)91-96(93-80)60-37-47-87-48-38-60)62-29-30-63(77-76(62)89-95(90-77)59-35-45-86-46-36-59)56-22-26-67-69-28-24-58(65-32-34-75(85)81-79(65)92-97(94-81)61-39-49-88-50-40-61)54-73(69)83(71(67)52-56,43-19-15-11-7-3)44-20-16-12-8-4/h21-40,45-54H,5-20,41-44H2,1-4H3. The second-order valence-electron chi connectivity index (χ2n) is 27.0. The highest BCUT2D eigenvalue weighted by atomic mass is 79.9. The predicted octanol–water partition coefficient (Wildman–Crippen LogP) is 22.7. The van der Waals surface area contributed by atoms with Gasteiger partial charge in [0, 0.05) is 79.2 Å². The molecule has 2 aliphatic rings. The first-order valence-corrected chi connectivity index (χ1v) is 37.1. The van der Waals surface area contributed by atoms with Crippen molar-refractivity contribution in [1.82, 2.24) is 59.9 Å². The molecule has 0 unspecified atom stereocenters. The average molecular weight is 1410 g/mol. The summed E-state index contributed by atoms with van der Waals surface area (Å²) >= 11 is 7.69. The molecule has 0 N–H and O–H groups in total. The zero-order valence-corrected chi connectivity index (χ0v) is 59.3. The van der Waals surface area contributed by atoms with Gasteiger partial charge >= 0.3 is 0 Å². The van der Waals surface area contributed by atoms with Crippen LogP contribution < -0.4 is 0 Å². The summed E-state index contributed by atoms with van der Waals surface area (Å²) in [6.07, 6.45) is 34.1. The van der Waals surface area contributed by atoms with E-state index in [0.717, 1.165) is 155 Å². The molecule has 0 atom stereocenters. The molecule has 15 rings (SSSR count). The number of pyridine rings is 3. The van der Waals surface area contributed by atoms with E-state index in [1.165, 1.54) is 122 Å². The predicted molar refractivity (Wildman–Crippen MR) is 402 cm³/mol. The van der Waals surface area contributed by atoms with Crippen LogP contribution in [0.1, 0.15) is 178 Å². The monoisotopic (exact) mass is 1400 g/mol. The maximum absolute atomic E-state index is 5.53. The molecule has 6 heterocycles. The number of halogens is 2. The first-order valence-electron chi connectivity index (χ1n) is 35.5. The quantitative estimate of drug-likeness (QED) is 0.0462. The lowest BCUT2D eigenvalue weighted by Gasteiger charge is -2.33. The number of benzene rings is 7. The molecule has 488 valence electrons. The molecule has 0 saturated carbocycles. The van der Waals surface area contributed by atoms with Gasteiger partial charge in [0.25, 0.3) is 0 Å². The van der Waals surface area contributed by atoms with Gasteiger partial charge in [-0.1, -0.05) is 203 Å². The third kappa shape index (κ3) is 11.9. The van der Waals surface area contributed by atoms with Crippen LogP contribution in [-0.2, 0) is 10.8 Å². The summed E-state index contributed by atoms with van der Waals surface area (Å²) in [7, 11) is 0. The molecule has 0 fully saturated rings. The van der Waals surface area contributed by atoms with Crippen molar-refractivity contribution in [2.24, 2.45) is 0 Å². The Morgan fingerprint density at radius 2 is 0.505 bits per heavy atom. The lowest BCUT2D eigenvalue weighted by atomic mass is 9.69. The Morgan fingerprint density at radius 3 is 0.773 bits per heavy atom. The highest BCUT2D eigenvalue weighted by molar-refractivity contribution is 9.11. The third-order valence-electron chi connectivity index (χ3n) is 21.0. The van der Waals surface area contributed by atoms with Crippen LogP contribution in [-0.4, -0.2) is 59.9 Å². The Labute approximate surface area is 585 Å². The number of hydrogen-bond donors (Lipinski definition) is 0. The van der Waals surface area contributed by atoms with Crippen molar-refractivity contribution in [2.45, 2.75) is 167 Å². The smallest absolute Gasteiger partial charge is 0.128 e. The number of hydrogen-bond acceptors (Lipinski definition) is 9. The van der Waals surface area contributed by atoms with Crippen LogP contribution in [0.4, 0.5) is 0 Å². The Bertz CT molecular complexity index is 4680. The molecule has 0 spiro atoms. The summed E-state index contributed by atoms with van der Waals surface area (Å²) in [6.45, 7) is 9.28. The summed E-state index contributed by atoms with van der Waals surface area (Å²) in [5, 5.41) is 31.4. The first-order chi connectivity index (χ1) is 47.7. The Hall–Kier alpha value is -8.85. The van der Waals surface area contributed by atoms with E-state index >= 15 is 0 Å². The van der Waals surface area contributed by atoms with Crippen molar-refractivity contribution in [1.29, 1.82) is 0 Å². The maximum atomic E-state index is 5.53. The molecule has 0 saturated heterocycles. The molecular weight excluding hydrogens is 1320 g/mol. The highest BCUT2D eigenvalue weighted by Crippen LogP contribution is 2.58. The molecule has 14 heteroatoms. The first kappa shape index (κ1) is 64.2. The molecule has 97 heavy (non-hydrogen) atoms. The molecule has 13 aromatic rings. The van der Waals surface area contributed by atoms with Gasteiger partial charge in [-0.2, -0.15) is 14.4 Å². The van der Waals surface area contributed by atoms with Crippen LogP contribution in [0.3, 0.4) is 0 Å².